The fourth-order valence-corrected chi connectivity index (χ4v) is 2.23. The van der Waals surface area contributed by atoms with Crippen LogP contribution in [0.25, 0.3) is 0 Å². The van der Waals surface area contributed by atoms with Crippen LogP contribution in [0.4, 0.5) is 0 Å². The molecule has 1 aliphatic rings. The van der Waals surface area contributed by atoms with Gasteiger partial charge in [0, 0.05) is 5.38 Å². The number of aliphatic hydroxyl groups excluding tert-OH is 1. The van der Waals surface area contributed by atoms with E-state index in [0.29, 0.717) is 0 Å². The second-order valence-corrected chi connectivity index (χ2v) is 4.06. The highest BCUT2D eigenvalue weighted by Gasteiger charge is 2.16. The molecule has 0 saturated heterocycles. The normalized spacial score (nSPS) is 19.6. The van der Waals surface area contributed by atoms with Crippen LogP contribution in [0.3, 0.4) is 0 Å². The SMILES string of the molecule is OC(C1=CCCCC1)c1cscn1. The number of nitrogens with zero attached hydrogens (tertiary/aromatic N) is 1. The Balaban J connectivity index is 2.12. The second-order valence-electron chi connectivity index (χ2n) is 3.34. The van der Waals surface area contributed by atoms with E-state index in [1.54, 1.807) is 5.51 Å². The summed E-state index contributed by atoms with van der Waals surface area (Å²) in [5.74, 6) is 0. The summed E-state index contributed by atoms with van der Waals surface area (Å²) in [7, 11) is 0. The van der Waals surface area contributed by atoms with Gasteiger partial charge in [-0.2, -0.15) is 0 Å². The number of rotatable bonds is 2. The van der Waals surface area contributed by atoms with Crippen molar-refractivity contribution < 1.29 is 5.11 Å². The Bertz CT molecular complexity index is 292. The average Bonchev–Trinajstić information content (AvgIpc) is 2.71. The maximum atomic E-state index is 9.91. The largest absolute Gasteiger partial charge is 0.382 e. The Morgan fingerprint density at radius 3 is 3.00 bits per heavy atom. The third kappa shape index (κ3) is 1.98. The van der Waals surface area contributed by atoms with Crippen LogP contribution in [0.1, 0.15) is 37.5 Å². The average molecular weight is 195 g/mol. The minimum Gasteiger partial charge on any atom is -0.382 e. The Morgan fingerprint density at radius 2 is 2.38 bits per heavy atom. The van der Waals surface area contributed by atoms with E-state index in [9.17, 15) is 5.11 Å². The van der Waals surface area contributed by atoms with Gasteiger partial charge in [-0.15, -0.1) is 11.3 Å². The van der Waals surface area contributed by atoms with Crippen molar-refractivity contribution in [3.63, 3.8) is 0 Å². The van der Waals surface area contributed by atoms with Gasteiger partial charge >= 0.3 is 0 Å². The molecule has 0 saturated carbocycles. The molecule has 0 amide bonds. The quantitative estimate of drug-likeness (QED) is 0.736. The fourth-order valence-electron chi connectivity index (χ4n) is 1.66. The van der Waals surface area contributed by atoms with Crippen LogP contribution in [0.5, 0.6) is 0 Å². The summed E-state index contributed by atoms with van der Waals surface area (Å²) in [5.41, 5.74) is 3.72. The number of aliphatic hydroxyl groups is 1. The lowest BCUT2D eigenvalue weighted by atomic mass is 9.94. The van der Waals surface area contributed by atoms with E-state index in [1.165, 1.54) is 24.2 Å². The van der Waals surface area contributed by atoms with E-state index in [4.69, 9.17) is 0 Å². The third-order valence-corrected chi connectivity index (χ3v) is 3.01. The van der Waals surface area contributed by atoms with Gasteiger partial charge < -0.3 is 5.11 Å². The van der Waals surface area contributed by atoms with E-state index in [2.05, 4.69) is 11.1 Å². The minimum atomic E-state index is -0.452. The van der Waals surface area contributed by atoms with E-state index >= 15 is 0 Å². The molecule has 1 N–H and O–H groups in total. The van der Waals surface area contributed by atoms with Crippen LogP contribution >= 0.6 is 11.3 Å². The lowest BCUT2D eigenvalue weighted by Gasteiger charge is -2.16. The van der Waals surface area contributed by atoms with Crippen LogP contribution in [0.2, 0.25) is 0 Å². The molecule has 1 atom stereocenters. The number of aromatic nitrogens is 1. The van der Waals surface area contributed by atoms with Gasteiger partial charge in [0.25, 0.3) is 0 Å². The van der Waals surface area contributed by atoms with E-state index in [-0.39, 0.29) is 0 Å². The van der Waals surface area contributed by atoms with Crippen LogP contribution in [-0.2, 0) is 0 Å². The van der Waals surface area contributed by atoms with E-state index < -0.39 is 6.10 Å². The van der Waals surface area contributed by atoms with Gasteiger partial charge in [-0.3, -0.25) is 0 Å². The molecule has 0 aliphatic heterocycles. The highest BCUT2D eigenvalue weighted by atomic mass is 32.1. The molecule has 70 valence electrons. The first kappa shape index (κ1) is 8.91. The zero-order valence-electron chi connectivity index (χ0n) is 7.44. The summed E-state index contributed by atoms with van der Waals surface area (Å²) in [5, 5.41) is 11.8. The fraction of sp³-hybridized carbons (Fsp3) is 0.500. The molecule has 13 heavy (non-hydrogen) atoms. The van der Waals surface area contributed by atoms with E-state index in [1.807, 2.05) is 5.38 Å². The molecule has 0 bridgehead atoms. The Kier molecular flexibility index (Phi) is 2.76. The molecule has 1 aliphatic carbocycles. The van der Waals surface area contributed by atoms with Gasteiger partial charge in [-0.25, -0.2) is 4.98 Å². The molecule has 0 spiro atoms. The van der Waals surface area contributed by atoms with Gasteiger partial charge in [0.15, 0.2) is 0 Å². The predicted molar refractivity (Wildman–Crippen MR) is 53.6 cm³/mol. The van der Waals surface area contributed by atoms with Crippen molar-refractivity contribution in [2.24, 2.45) is 0 Å². The first-order valence-corrected chi connectivity index (χ1v) is 5.57. The monoisotopic (exact) mass is 195 g/mol. The number of hydrogen-bond acceptors (Lipinski definition) is 3. The standard InChI is InChI=1S/C10H13NOS/c12-10(9-6-13-7-11-9)8-4-2-1-3-5-8/h4,6-7,10,12H,1-3,5H2. The van der Waals surface area contributed by atoms with Gasteiger partial charge in [-0.1, -0.05) is 6.08 Å². The van der Waals surface area contributed by atoms with Gasteiger partial charge in [-0.05, 0) is 31.3 Å². The second kappa shape index (κ2) is 4.03. The van der Waals surface area contributed by atoms with Crippen LogP contribution in [-0.4, -0.2) is 10.1 Å². The van der Waals surface area contributed by atoms with Gasteiger partial charge in [0.05, 0.1) is 11.2 Å². The van der Waals surface area contributed by atoms with Crippen molar-refractivity contribution in [2.45, 2.75) is 31.8 Å². The van der Waals surface area contributed by atoms with Crippen molar-refractivity contribution in [1.29, 1.82) is 0 Å². The molecule has 0 radical (unpaired) electrons. The molecule has 2 nitrogen and oxygen atoms in total. The van der Waals surface area contributed by atoms with Crippen molar-refractivity contribution in [3.8, 4) is 0 Å². The molecular formula is C10H13NOS. The highest BCUT2D eigenvalue weighted by molar-refractivity contribution is 7.07. The number of thiazole rings is 1. The number of allylic oxidation sites excluding steroid dienone is 1. The smallest absolute Gasteiger partial charge is 0.118 e. The van der Waals surface area contributed by atoms with Crippen molar-refractivity contribution in [1.82, 2.24) is 4.98 Å². The summed E-state index contributed by atoms with van der Waals surface area (Å²) < 4.78 is 0. The first-order chi connectivity index (χ1) is 6.38. The molecule has 3 heteroatoms. The summed E-state index contributed by atoms with van der Waals surface area (Å²) in [4.78, 5) is 4.12. The molecule has 1 unspecified atom stereocenters. The molecule has 2 rings (SSSR count). The van der Waals surface area contributed by atoms with Gasteiger partial charge in [0.2, 0.25) is 0 Å². The molecule has 1 heterocycles. The summed E-state index contributed by atoms with van der Waals surface area (Å²) >= 11 is 1.53. The molecule has 0 fully saturated rings. The lowest BCUT2D eigenvalue weighted by Crippen LogP contribution is -2.04. The zero-order chi connectivity index (χ0) is 9.10. The van der Waals surface area contributed by atoms with E-state index in [0.717, 1.165) is 24.1 Å². The maximum Gasteiger partial charge on any atom is 0.118 e. The van der Waals surface area contributed by atoms with Crippen molar-refractivity contribution >= 4 is 11.3 Å². The Hall–Kier alpha value is -0.670. The van der Waals surface area contributed by atoms with Crippen LogP contribution in [0.15, 0.2) is 22.5 Å². The first-order valence-electron chi connectivity index (χ1n) is 4.63. The summed E-state index contributed by atoms with van der Waals surface area (Å²) in [6, 6.07) is 0. The molecule has 1 aromatic rings. The van der Waals surface area contributed by atoms with Crippen LogP contribution in [0, 0.1) is 0 Å². The summed E-state index contributed by atoms with van der Waals surface area (Å²) in [6.45, 7) is 0. The van der Waals surface area contributed by atoms with Crippen LogP contribution < -0.4 is 0 Å². The minimum absolute atomic E-state index is 0.452. The third-order valence-electron chi connectivity index (χ3n) is 2.41. The Morgan fingerprint density at radius 1 is 1.46 bits per heavy atom. The molecule has 0 aromatic carbocycles. The highest BCUT2D eigenvalue weighted by Crippen LogP contribution is 2.29. The predicted octanol–water partition coefficient (Wildman–Crippen LogP) is 2.68. The topological polar surface area (TPSA) is 33.1 Å². The zero-order valence-corrected chi connectivity index (χ0v) is 8.26. The van der Waals surface area contributed by atoms with Gasteiger partial charge in [0.1, 0.15) is 6.10 Å². The van der Waals surface area contributed by atoms with Crippen molar-refractivity contribution in [3.05, 3.63) is 28.2 Å². The summed E-state index contributed by atoms with van der Waals surface area (Å²) in [6.07, 6.45) is 6.30. The molecule has 1 aromatic heterocycles. The number of hydrogen-bond donors (Lipinski definition) is 1. The van der Waals surface area contributed by atoms with Crippen molar-refractivity contribution in [2.75, 3.05) is 0 Å². The molecular weight excluding hydrogens is 182 g/mol. The Labute approximate surface area is 81.9 Å². The lowest BCUT2D eigenvalue weighted by molar-refractivity contribution is 0.204. The maximum absolute atomic E-state index is 9.91.